The smallest absolute Gasteiger partial charge is 0.244 e. The lowest BCUT2D eigenvalue weighted by molar-refractivity contribution is -0.118. The maximum Gasteiger partial charge on any atom is 0.244 e. The number of methoxy groups -OCH3 is 2. The number of carbonyl (C=O) groups excluding carboxylic acids is 1. The number of benzene rings is 2. The fraction of sp³-hybridized carbons (Fsp3) is 0.167. The minimum absolute atomic E-state index is 0.0868. The molecule has 1 fully saturated rings. The Bertz CT molecular complexity index is 822. The third-order valence-corrected chi connectivity index (χ3v) is 4.69. The predicted molar refractivity (Wildman–Crippen MR) is 99.5 cm³/mol. The van der Waals surface area contributed by atoms with Crippen molar-refractivity contribution in [1.82, 2.24) is 5.32 Å². The highest BCUT2D eigenvalue weighted by Crippen LogP contribution is 2.34. The Morgan fingerprint density at radius 2 is 1.84 bits per heavy atom. The average Bonchev–Trinajstić information content (AvgIpc) is 3.03. The van der Waals surface area contributed by atoms with E-state index >= 15 is 0 Å². The van der Waals surface area contributed by atoms with Gasteiger partial charge in [0.2, 0.25) is 5.91 Å². The number of nitrogens with zero attached hydrogens (tertiary/aromatic N) is 2. The number of amides is 1. The molecule has 2 aromatic carbocycles. The molecule has 6 nitrogen and oxygen atoms in total. The van der Waals surface area contributed by atoms with E-state index < -0.39 is 0 Å². The van der Waals surface area contributed by atoms with Gasteiger partial charge in [0.05, 0.1) is 20.4 Å². The lowest BCUT2D eigenvalue weighted by Gasteiger charge is -2.07. The van der Waals surface area contributed by atoms with Gasteiger partial charge in [-0.05, 0) is 29.3 Å². The van der Waals surface area contributed by atoms with Crippen molar-refractivity contribution in [3.63, 3.8) is 0 Å². The number of carbonyl (C=O) groups is 1. The molecule has 128 valence electrons. The maximum absolute atomic E-state index is 12.1. The molecule has 1 atom stereocenters. The summed E-state index contributed by atoms with van der Waals surface area (Å²) in [6.45, 7) is 0. The normalized spacial score (nSPS) is 18.6. The van der Waals surface area contributed by atoms with E-state index in [-0.39, 0.29) is 11.2 Å². The van der Waals surface area contributed by atoms with Crippen LogP contribution >= 0.6 is 11.8 Å². The van der Waals surface area contributed by atoms with Gasteiger partial charge in [0.15, 0.2) is 16.7 Å². The lowest BCUT2D eigenvalue weighted by atomic mass is 10.1. The molecule has 0 bridgehead atoms. The number of ether oxygens (including phenoxy) is 2. The van der Waals surface area contributed by atoms with Crippen LogP contribution in [0.5, 0.6) is 11.5 Å². The van der Waals surface area contributed by atoms with Gasteiger partial charge in [0.25, 0.3) is 0 Å². The first-order valence-electron chi connectivity index (χ1n) is 7.57. The molecule has 25 heavy (non-hydrogen) atoms. The average molecular weight is 355 g/mol. The summed E-state index contributed by atoms with van der Waals surface area (Å²) in [6.07, 6.45) is 1.59. The van der Waals surface area contributed by atoms with E-state index in [2.05, 4.69) is 15.5 Å². The summed E-state index contributed by atoms with van der Waals surface area (Å²) in [5.41, 5.74) is 1.76. The Balaban J connectivity index is 1.70. The summed E-state index contributed by atoms with van der Waals surface area (Å²) in [7, 11) is 3.16. The quantitative estimate of drug-likeness (QED) is 0.661. The second kappa shape index (κ2) is 7.85. The molecule has 0 unspecified atom stereocenters. The van der Waals surface area contributed by atoms with Crippen molar-refractivity contribution in [3.8, 4) is 11.5 Å². The van der Waals surface area contributed by atoms with E-state index in [1.54, 1.807) is 32.6 Å². The van der Waals surface area contributed by atoms with Crippen molar-refractivity contribution >= 4 is 29.1 Å². The Kier molecular flexibility index (Phi) is 5.35. The monoisotopic (exact) mass is 355 g/mol. The summed E-state index contributed by atoms with van der Waals surface area (Å²) in [6, 6.07) is 15.0. The van der Waals surface area contributed by atoms with Crippen LogP contribution < -0.4 is 14.8 Å². The minimum atomic E-state index is -0.295. The van der Waals surface area contributed by atoms with E-state index in [1.165, 1.54) is 11.8 Å². The van der Waals surface area contributed by atoms with Crippen LogP contribution in [0.4, 0.5) is 0 Å². The molecule has 0 spiro atoms. The topological polar surface area (TPSA) is 72.3 Å². The number of amidine groups is 1. The molecule has 7 heteroatoms. The van der Waals surface area contributed by atoms with Crippen LogP contribution in [0.1, 0.15) is 16.4 Å². The fourth-order valence-electron chi connectivity index (χ4n) is 2.34. The molecule has 1 aliphatic rings. The van der Waals surface area contributed by atoms with Crippen molar-refractivity contribution in [2.24, 2.45) is 10.2 Å². The lowest BCUT2D eigenvalue weighted by Crippen LogP contribution is -2.21. The van der Waals surface area contributed by atoms with Gasteiger partial charge < -0.3 is 14.8 Å². The molecule has 1 aliphatic heterocycles. The molecular weight excluding hydrogens is 338 g/mol. The van der Waals surface area contributed by atoms with Crippen molar-refractivity contribution in [3.05, 3.63) is 59.7 Å². The third kappa shape index (κ3) is 4.00. The standard InChI is InChI=1S/C18H17N3O3S/c1-23-14-9-8-12(10-15(14)24-2)11-19-21-18-20-17(22)16(25-18)13-6-4-3-5-7-13/h3-11,16H,1-2H3,(H,20,21,22)/b19-11-/t16-/m0/s1. The van der Waals surface area contributed by atoms with Gasteiger partial charge in [-0.2, -0.15) is 5.10 Å². The molecular formula is C18H17N3O3S. The molecule has 0 radical (unpaired) electrons. The van der Waals surface area contributed by atoms with Crippen molar-refractivity contribution in [2.45, 2.75) is 5.25 Å². The van der Waals surface area contributed by atoms with Gasteiger partial charge in [-0.25, -0.2) is 0 Å². The summed E-state index contributed by atoms with van der Waals surface area (Å²) in [5.74, 6) is 1.18. The zero-order valence-electron chi connectivity index (χ0n) is 13.8. The Morgan fingerprint density at radius 3 is 2.56 bits per heavy atom. The fourth-order valence-corrected chi connectivity index (χ4v) is 3.28. The predicted octanol–water partition coefficient (Wildman–Crippen LogP) is 3.00. The highest BCUT2D eigenvalue weighted by atomic mass is 32.2. The number of thioether (sulfide) groups is 1. The summed E-state index contributed by atoms with van der Waals surface area (Å²) in [4.78, 5) is 12.1. The summed E-state index contributed by atoms with van der Waals surface area (Å²) in [5, 5.41) is 11.1. The van der Waals surface area contributed by atoms with Gasteiger partial charge in [-0.3, -0.25) is 4.79 Å². The molecule has 1 saturated heterocycles. The Labute approximate surface area is 149 Å². The van der Waals surface area contributed by atoms with Crippen LogP contribution in [-0.4, -0.2) is 31.5 Å². The molecule has 0 aliphatic carbocycles. The molecule has 0 saturated carbocycles. The van der Waals surface area contributed by atoms with Crippen molar-refractivity contribution < 1.29 is 14.3 Å². The highest BCUT2D eigenvalue weighted by Gasteiger charge is 2.31. The first-order chi connectivity index (χ1) is 12.2. The molecule has 2 aromatic rings. The number of nitrogens with one attached hydrogen (secondary N) is 1. The van der Waals surface area contributed by atoms with Gasteiger partial charge in [0.1, 0.15) is 5.25 Å². The van der Waals surface area contributed by atoms with E-state index in [9.17, 15) is 4.79 Å². The Morgan fingerprint density at radius 1 is 1.08 bits per heavy atom. The zero-order chi connectivity index (χ0) is 17.6. The first kappa shape index (κ1) is 17.0. The van der Waals surface area contributed by atoms with Crippen molar-refractivity contribution in [1.29, 1.82) is 0 Å². The molecule has 1 heterocycles. The summed E-state index contributed by atoms with van der Waals surface area (Å²) >= 11 is 1.35. The van der Waals surface area contributed by atoms with Gasteiger partial charge in [-0.15, -0.1) is 5.10 Å². The second-order valence-corrected chi connectivity index (χ2v) is 6.26. The third-order valence-electron chi connectivity index (χ3n) is 3.56. The molecule has 1 N–H and O–H groups in total. The van der Waals surface area contributed by atoms with Crippen LogP contribution in [0.2, 0.25) is 0 Å². The zero-order valence-corrected chi connectivity index (χ0v) is 14.6. The maximum atomic E-state index is 12.1. The highest BCUT2D eigenvalue weighted by molar-refractivity contribution is 8.15. The van der Waals surface area contributed by atoms with E-state index in [0.717, 1.165) is 11.1 Å². The molecule has 0 aromatic heterocycles. The summed E-state index contributed by atoms with van der Waals surface area (Å²) < 4.78 is 10.4. The minimum Gasteiger partial charge on any atom is -0.493 e. The largest absolute Gasteiger partial charge is 0.493 e. The van der Waals surface area contributed by atoms with Gasteiger partial charge in [-0.1, -0.05) is 42.1 Å². The van der Waals surface area contributed by atoms with Crippen LogP contribution in [0.15, 0.2) is 58.7 Å². The van der Waals surface area contributed by atoms with Gasteiger partial charge in [0, 0.05) is 0 Å². The van der Waals surface area contributed by atoms with Gasteiger partial charge >= 0.3 is 0 Å². The van der Waals surface area contributed by atoms with Crippen LogP contribution in [0.25, 0.3) is 0 Å². The molecule has 3 rings (SSSR count). The first-order valence-corrected chi connectivity index (χ1v) is 8.44. The molecule has 1 amide bonds. The SMILES string of the molecule is COc1ccc(/C=N\N=C2NC(=O)[C@H](c3ccccc3)S2)cc1OC. The number of hydrogen-bond acceptors (Lipinski definition) is 6. The van der Waals surface area contributed by atoms with Crippen LogP contribution in [0.3, 0.4) is 0 Å². The van der Waals surface area contributed by atoms with Crippen LogP contribution in [-0.2, 0) is 4.79 Å². The van der Waals surface area contributed by atoms with E-state index in [1.807, 2.05) is 36.4 Å². The van der Waals surface area contributed by atoms with E-state index in [0.29, 0.717) is 16.7 Å². The van der Waals surface area contributed by atoms with E-state index in [4.69, 9.17) is 9.47 Å². The number of rotatable bonds is 5. The number of hydrogen-bond donors (Lipinski definition) is 1. The Hall–Kier alpha value is -2.80. The van der Waals surface area contributed by atoms with Crippen LogP contribution in [0, 0.1) is 0 Å². The van der Waals surface area contributed by atoms with Crippen molar-refractivity contribution in [2.75, 3.05) is 14.2 Å². The second-order valence-electron chi connectivity index (χ2n) is 5.16.